The summed E-state index contributed by atoms with van der Waals surface area (Å²) in [7, 11) is 5.77. The van der Waals surface area contributed by atoms with E-state index in [9.17, 15) is 4.79 Å². The Morgan fingerprint density at radius 2 is 1.96 bits per heavy atom. The number of benzene rings is 1. The minimum Gasteiger partial charge on any atom is -0.378 e. The molecule has 0 radical (unpaired) electrons. The van der Waals surface area contributed by atoms with Crippen LogP contribution in [0.1, 0.15) is 25.8 Å². The number of carbonyl (C=O) groups excluding carboxylic acids is 1. The second kappa shape index (κ2) is 8.49. The van der Waals surface area contributed by atoms with Gasteiger partial charge in [-0.25, -0.2) is 0 Å². The molecule has 1 saturated heterocycles. The number of amides is 1. The molecule has 5 heteroatoms. The van der Waals surface area contributed by atoms with Crippen LogP contribution in [0.5, 0.6) is 0 Å². The molecule has 24 heavy (non-hydrogen) atoms. The molecule has 1 aromatic carbocycles. The third kappa shape index (κ3) is 4.95. The van der Waals surface area contributed by atoms with Gasteiger partial charge in [0, 0.05) is 52.4 Å². The number of hydrogen-bond donors (Lipinski definition) is 1. The highest BCUT2D eigenvalue weighted by molar-refractivity contribution is 5.76. The number of nitrogens with zero attached hydrogens (tertiary/aromatic N) is 2. The van der Waals surface area contributed by atoms with E-state index in [0.717, 1.165) is 19.5 Å². The van der Waals surface area contributed by atoms with Crippen LogP contribution in [0.3, 0.4) is 0 Å². The number of anilines is 1. The van der Waals surface area contributed by atoms with E-state index in [1.165, 1.54) is 11.3 Å². The first-order valence-corrected chi connectivity index (χ1v) is 8.73. The van der Waals surface area contributed by atoms with Gasteiger partial charge in [0.25, 0.3) is 0 Å². The maximum Gasteiger partial charge on any atom is 0.220 e. The molecule has 1 aliphatic heterocycles. The summed E-state index contributed by atoms with van der Waals surface area (Å²) in [5, 5.41) is 3.15. The average molecular weight is 333 g/mol. The predicted octanol–water partition coefficient (Wildman–Crippen LogP) is 1.91. The fourth-order valence-corrected chi connectivity index (χ4v) is 3.10. The molecule has 0 unspecified atom stereocenters. The molecule has 1 aliphatic rings. The van der Waals surface area contributed by atoms with Crippen molar-refractivity contribution in [1.29, 1.82) is 0 Å². The van der Waals surface area contributed by atoms with E-state index in [1.807, 2.05) is 14.1 Å². The first-order chi connectivity index (χ1) is 11.4. The summed E-state index contributed by atoms with van der Waals surface area (Å²) in [6.07, 6.45) is 1.35. The number of likely N-dealkylation sites (tertiary alicyclic amines) is 1. The molecule has 1 aromatic rings. The molecule has 1 N–H and O–H groups in total. The maximum atomic E-state index is 12.3. The van der Waals surface area contributed by atoms with E-state index >= 15 is 0 Å². The molecule has 0 aromatic heterocycles. The van der Waals surface area contributed by atoms with Crippen molar-refractivity contribution in [2.45, 2.75) is 44.9 Å². The molecule has 2 rings (SSSR count). The Morgan fingerprint density at radius 3 is 2.50 bits per heavy atom. The number of rotatable bonds is 7. The average Bonchev–Trinajstić information content (AvgIpc) is 2.96. The number of ether oxygens (including phenoxy) is 1. The molecule has 1 fully saturated rings. The monoisotopic (exact) mass is 333 g/mol. The summed E-state index contributed by atoms with van der Waals surface area (Å²) in [4.78, 5) is 16.7. The van der Waals surface area contributed by atoms with E-state index in [1.54, 1.807) is 7.11 Å². The van der Waals surface area contributed by atoms with Gasteiger partial charge in [-0.3, -0.25) is 9.69 Å². The van der Waals surface area contributed by atoms with Gasteiger partial charge in [-0.2, -0.15) is 0 Å². The summed E-state index contributed by atoms with van der Waals surface area (Å²) >= 11 is 0. The SMILES string of the molecule is CO[C@@H]1CN(C(C)C)C[C@H]1NC(=O)CCc1ccc(N(C)C)cc1. The van der Waals surface area contributed by atoms with Crippen LogP contribution in [0, 0.1) is 0 Å². The number of hydrogen-bond acceptors (Lipinski definition) is 4. The van der Waals surface area contributed by atoms with Crippen LogP contribution in [-0.4, -0.2) is 63.3 Å². The fourth-order valence-electron chi connectivity index (χ4n) is 3.10. The predicted molar refractivity (Wildman–Crippen MR) is 98.5 cm³/mol. The summed E-state index contributed by atoms with van der Waals surface area (Å²) in [6.45, 7) is 6.09. The van der Waals surface area contributed by atoms with Gasteiger partial charge >= 0.3 is 0 Å². The normalized spacial score (nSPS) is 21.2. The zero-order valence-electron chi connectivity index (χ0n) is 15.6. The van der Waals surface area contributed by atoms with E-state index in [2.05, 4.69) is 53.2 Å². The Bertz CT molecular complexity index is 528. The first kappa shape index (κ1) is 18.7. The Kier molecular flexibility index (Phi) is 6.63. The molecule has 134 valence electrons. The van der Waals surface area contributed by atoms with Crippen molar-refractivity contribution in [2.24, 2.45) is 0 Å². The second-order valence-corrected chi connectivity index (χ2v) is 7.06. The molecule has 0 saturated carbocycles. The quantitative estimate of drug-likeness (QED) is 0.828. The van der Waals surface area contributed by atoms with Crippen LogP contribution in [0.4, 0.5) is 5.69 Å². The summed E-state index contributed by atoms with van der Waals surface area (Å²) in [5.74, 6) is 0.101. The highest BCUT2D eigenvalue weighted by Gasteiger charge is 2.34. The minimum absolute atomic E-state index is 0.0794. The van der Waals surface area contributed by atoms with Crippen LogP contribution in [0.25, 0.3) is 0 Å². The molecule has 5 nitrogen and oxygen atoms in total. The Hall–Kier alpha value is -1.59. The van der Waals surface area contributed by atoms with E-state index < -0.39 is 0 Å². The van der Waals surface area contributed by atoms with E-state index in [-0.39, 0.29) is 18.1 Å². The van der Waals surface area contributed by atoms with Gasteiger partial charge in [0.2, 0.25) is 5.91 Å². The highest BCUT2D eigenvalue weighted by atomic mass is 16.5. The van der Waals surface area contributed by atoms with Crippen LogP contribution in [0.2, 0.25) is 0 Å². The van der Waals surface area contributed by atoms with Crippen LogP contribution >= 0.6 is 0 Å². The first-order valence-electron chi connectivity index (χ1n) is 8.73. The lowest BCUT2D eigenvalue weighted by Crippen LogP contribution is -2.43. The fraction of sp³-hybridized carbons (Fsp3) is 0.632. The third-order valence-corrected chi connectivity index (χ3v) is 4.77. The Labute approximate surface area is 146 Å². The van der Waals surface area contributed by atoms with Gasteiger partial charge in [-0.1, -0.05) is 12.1 Å². The smallest absolute Gasteiger partial charge is 0.220 e. The second-order valence-electron chi connectivity index (χ2n) is 7.06. The van der Waals surface area contributed by atoms with Crippen LogP contribution in [-0.2, 0) is 16.0 Å². The largest absolute Gasteiger partial charge is 0.378 e. The van der Waals surface area contributed by atoms with Crippen molar-refractivity contribution in [1.82, 2.24) is 10.2 Å². The zero-order valence-corrected chi connectivity index (χ0v) is 15.6. The van der Waals surface area contributed by atoms with Gasteiger partial charge < -0.3 is 15.0 Å². The van der Waals surface area contributed by atoms with Gasteiger partial charge in [-0.15, -0.1) is 0 Å². The lowest BCUT2D eigenvalue weighted by molar-refractivity contribution is -0.122. The van der Waals surface area contributed by atoms with Crippen molar-refractivity contribution < 1.29 is 9.53 Å². The van der Waals surface area contributed by atoms with Gasteiger partial charge in [-0.05, 0) is 38.0 Å². The van der Waals surface area contributed by atoms with Gasteiger partial charge in [0.15, 0.2) is 0 Å². The van der Waals surface area contributed by atoms with Crippen molar-refractivity contribution in [3.63, 3.8) is 0 Å². The van der Waals surface area contributed by atoms with Crippen molar-refractivity contribution in [2.75, 3.05) is 39.2 Å². The molecular formula is C19H31N3O2. The lowest BCUT2D eigenvalue weighted by Gasteiger charge is -2.20. The lowest BCUT2D eigenvalue weighted by atomic mass is 10.1. The standard InChI is InChI=1S/C19H31N3O2/c1-14(2)22-12-17(18(13-22)24-5)20-19(23)11-8-15-6-9-16(10-7-15)21(3)4/h6-7,9-10,14,17-18H,8,11-13H2,1-5H3,(H,20,23)/t17-,18-/m1/s1. The summed E-state index contributed by atoms with van der Waals surface area (Å²) in [5.41, 5.74) is 2.36. The molecule has 0 aliphatic carbocycles. The molecule has 0 spiro atoms. The third-order valence-electron chi connectivity index (χ3n) is 4.77. The summed E-state index contributed by atoms with van der Waals surface area (Å²) in [6, 6.07) is 8.92. The molecule has 1 heterocycles. The molecule has 0 bridgehead atoms. The number of nitrogens with one attached hydrogen (secondary N) is 1. The van der Waals surface area contributed by atoms with Gasteiger partial charge in [0.05, 0.1) is 12.1 Å². The van der Waals surface area contributed by atoms with E-state index in [0.29, 0.717) is 12.5 Å². The van der Waals surface area contributed by atoms with Gasteiger partial charge in [0.1, 0.15) is 0 Å². The molecular weight excluding hydrogens is 302 g/mol. The number of aryl methyl sites for hydroxylation is 1. The summed E-state index contributed by atoms with van der Waals surface area (Å²) < 4.78 is 5.54. The molecule has 2 atom stereocenters. The topological polar surface area (TPSA) is 44.8 Å². The van der Waals surface area contributed by atoms with Crippen molar-refractivity contribution in [3.8, 4) is 0 Å². The number of carbonyl (C=O) groups is 1. The van der Waals surface area contributed by atoms with E-state index in [4.69, 9.17) is 4.74 Å². The van der Waals surface area contributed by atoms with Crippen molar-refractivity contribution in [3.05, 3.63) is 29.8 Å². The minimum atomic E-state index is 0.0794. The highest BCUT2D eigenvalue weighted by Crippen LogP contribution is 2.17. The Morgan fingerprint density at radius 1 is 1.29 bits per heavy atom. The van der Waals surface area contributed by atoms with Crippen LogP contribution < -0.4 is 10.2 Å². The number of methoxy groups -OCH3 is 1. The van der Waals surface area contributed by atoms with Crippen LogP contribution in [0.15, 0.2) is 24.3 Å². The van der Waals surface area contributed by atoms with Crippen molar-refractivity contribution >= 4 is 11.6 Å². The maximum absolute atomic E-state index is 12.3. The Balaban J connectivity index is 1.82. The molecule has 1 amide bonds. The zero-order chi connectivity index (χ0) is 17.7.